The van der Waals surface area contributed by atoms with E-state index in [0.717, 1.165) is 45.3 Å². The minimum atomic E-state index is -5.08. The summed E-state index contributed by atoms with van der Waals surface area (Å²) in [5.74, 6) is -2.76. The quantitative estimate of drug-likeness (QED) is 0.712. The third-order valence-corrected chi connectivity index (χ3v) is 5.73. The Bertz CT molecular complexity index is 804. The molecule has 0 amide bonds. The van der Waals surface area contributed by atoms with Gasteiger partial charge in [0, 0.05) is 26.2 Å². The van der Waals surface area contributed by atoms with E-state index in [9.17, 15) is 21.6 Å². The average molecular weight is 452 g/mol. The summed E-state index contributed by atoms with van der Waals surface area (Å²) in [5, 5.41) is 7.12. The number of rotatable bonds is 5. The highest BCUT2D eigenvalue weighted by atomic mass is 32.2. The number of aliphatic carboxylic acids is 1. The van der Waals surface area contributed by atoms with Crippen molar-refractivity contribution in [1.29, 1.82) is 0 Å². The number of halogens is 3. The van der Waals surface area contributed by atoms with Crippen LogP contribution in [-0.2, 0) is 26.1 Å². The molecule has 170 valence electrons. The van der Waals surface area contributed by atoms with Crippen LogP contribution in [0.2, 0.25) is 0 Å². The highest BCUT2D eigenvalue weighted by molar-refractivity contribution is 7.88. The third kappa shape index (κ3) is 8.21. The second kappa shape index (κ2) is 10.1. The molecule has 2 fully saturated rings. The lowest BCUT2D eigenvalue weighted by Gasteiger charge is -2.38. The van der Waals surface area contributed by atoms with Crippen LogP contribution in [0.25, 0.3) is 0 Å². The molecule has 3 rings (SSSR count). The molecular formula is C19H27F3N2O5S. The van der Waals surface area contributed by atoms with Crippen molar-refractivity contribution in [2.24, 2.45) is 0 Å². The van der Waals surface area contributed by atoms with E-state index in [1.807, 2.05) is 6.07 Å². The summed E-state index contributed by atoms with van der Waals surface area (Å²) in [5.41, 5.74) is 1.24. The van der Waals surface area contributed by atoms with Crippen molar-refractivity contribution in [3.63, 3.8) is 0 Å². The van der Waals surface area contributed by atoms with Crippen LogP contribution in [0.5, 0.6) is 0 Å². The van der Waals surface area contributed by atoms with Gasteiger partial charge in [-0.2, -0.15) is 13.2 Å². The number of carbonyl (C=O) groups is 1. The second-order valence-corrected chi connectivity index (χ2v) is 9.52. The van der Waals surface area contributed by atoms with E-state index >= 15 is 0 Å². The number of carboxylic acids is 1. The summed E-state index contributed by atoms with van der Waals surface area (Å²) < 4.78 is 63.2. The molecule has 1 spiro atoms. The number of sulfonamides is 1. The third-order valence-electron chi connectivity index (χ3n) is 5.04. The van der Waals surface area contributed by atoms with E-state index in [4.69, 9.17) is 14.6 Å². The number of nitrogens with zero attached hydrogens (tertiary/aromatic N) is 1. The van der Waals surface area contributed by atoms with Gasteiger partial charge in [0.2, 0.25) is 10.0 Å². The zero-order chi connectivity index (χ0) is 22.4. The summed E-state index contributed by atoms with van der Waals surface area (Å²) in [6.45, 7) is 3.33. The van der Waals surface area contributed by atoms with Crippen LogP contribution in [0.4, 0.5) is 13.2 Å². The van der Waals surface area contributed by atoms with Crippen molar-refractivity contribution in [2.75, 3.05) is 25.9 Å². The molecule has 0 aliphatic carbocycles. The number of alkyl halides is 3. The van der Waals surface area contributed by atoms with Gasteiger partial charge in [-0.1, -0.05) is 30.3 Å². The Morgan fingerprint density at radius 1 is 1.30 bits per heavy atom. The molecule has 0 bridgehead atoms. The highest BCUT2D eigenvalue weighted by Crippen LogP contribution is 2.37. The fourth-order valence-electron chi connectivity index (χ4n) is 3.72. The zero-order valence-electron chi connectivity index (χ0n) is 16.7. The maximum atomic E-state index is 11.3. The number of nitrogens with one attached hydrogen (secondary N) is 1. The SMILES string of the molecule is CS(=O)(=O)NC[C@H]1CCC[C@]2(CCN(Cc3ccccc3)C2)O1.O=C(O)C(F)(F)F. The molecule has 1 aromatic rings. The molecular weight excluding hydrogens is 425 g/mol. The molecule has 7 nitrogen and oxygen atoms in total. The van der Waals surface area contributed by atoms with Gasteiger partial charge in [0.1, 0.15) is 0 Å². The molecule has 0 radical (unpaired) electrons. The fraction of sp³-hybridized carbons (Fsp3) is 0.632. The van der Waals surface area contributed by atoms with Gasteiger partial charge in [0.05, 0.1) is 18.0 Å². The number of ether oxygens (including phenoxy) is 1. The Balaban J connectivity index is 0.000000396. The standard InChI is InChI=1S/C17H26N2O3S.C2HF3O2/c1-23(20,21)18-12-16-8-5-9-17(22-16)10-11-19(14-17)13-15-6-3-2-4-7-15;3-2(4,5)1(6)7/h2-4,6-7,16,18H,5,8-14H2,1H3;(H,6,7)/t16-,17-;/m1./s1. The monoisotopic (exact) mass is 452 g/mol. The molecule has 2 saturated heterocycles. The maximum Gasteiger partial charge on any atom is 0.490 e. The molecule has 2 heterocycles. The molecule has 1 aromatic carbocycles. The van der Waals surface area contributed by atoms with Crippen molar-refractivity contribution in [2.45, 2.75) is 50.1 Å². The number of benzene rings is 1. The molecule has 2 aliphatic heterocycles. The molecule has 0 unspecified atom stereocenters. The highest BCUT2D eigenvalue weighted by Gasteiger charge is 2.43. The van der Waals surface area contributed by atoms with Crippen LogP contribution in [0.3, 0.4) is 0 Å². The van der Waals surface area contributed by atoms with E-state index in [1.165, 1.54) is 11.8 Å². The normalized spacial score (nSPS) is 25.0. The van der Waals surface area contributed by atoms with Crippen LogP contribution in [0.1, 0.15) is 31.2 Å². The zero-order valence-corrected chi connectivity index (χ0v) is 17.5. The van der Waals surface area contributed by atoms with Gasteiger partial charge < -0.3 is 9.84 Å². The number of likely N-dealkylation sites (tertiary alicyclic amines) is 1. The van der Waals surface area contributed by atoms with Crippen LogP contribution < -0.4 is 4.72 Å². The van der Waals surface area contributed by atoms with Crippen molar-refractivity contribution < 1.29 is 36.2 Å². The molecule has 0 saturated carbocycles. The summed E-state index contributed by atoms with van der Waals surface area (Å²) in [7, 11) is -3.15. The van der Waals surface area contributed by atoms with E-state index in [2.05, 4.69) is 33.9 Å². The van der Waals surface area contributed by atoms with E-state index in [0.29, 0.717) is 6.54 Å². The maximum absolute atomic E-state index is 11.3. The van der Waals surface area contributed by atoms with Gasteiger partial charge in [0.25, 0.3) is 0 Å². The summed E-state index contributed by atoms with van der Waals surface area (Å²) in [6, 6.07) is 10.5. The Labute approximate surface area is 174 Å². The lowest BCUT2D eigenvalue weighted by Crippen LogP contribution is -2.46. The minimum absolute atomic E-state index is 0.00449. The Morgan fingerprint density at radius 2 is 1.93 bits per heavy atom. The first-order valence-electron chi connectivity index (χ1n) is 9.57. The fourth-order valence-corrected chi connectivity index (χ4v) is 4.20. The average Bonchev–Trinajstić information content (AvgIpc) is 3.02. The lowest BCUT2D eigenvalue weighted by atomic mass is 9.90. The summed E-state index contributed by atoms with van der Waals surface area (Å²) in [6.07, 6.45) is 0.263. The number of carboxylic acid groups (broad SMARTS) is 1. The molecule has 11 heteroatoms. The second-order valence-electron chi connectivity index (χ2n) is 7.68. The topological polar surface area (TPSA) is 95.9 Å². The molecule has 30 heavy (non-hydrogen) atoms. The van der Waals surface area contributed by atoms with Gasteiger partial charge >= 0.3 is 12.1 Å². The van der Waals surface area contributed by atoms with Crippen molar-refractivity contribution in [3.8, 4) is 0 Å². The van der Waals surface area contributed by atoms with E-state index < -0.39 is 22.2 Å². The van der Waals surface area contributed by atoms with Gasteiger partial charge in [0.15, 0.2) is 0 Å². The molecule has 2 N–H and O–H groups in total. The van der Waals surface area contributed by atoms with Crippen molar-refractivity contribution in [3.05, 3.63) is 35.9 Å². The predicted octanol–water partition coefficient (Wildman–Crippen LogP) is 2.38. The van der Waals surface area contributed by atoms with Gasteiger partial charge in [-0.25, -0.2) is 17.9 Å². The number of hydrogen-bond donors (Lipinski definition) is 2. The van der Waals surface area contributed by atoms with Crippen LogP contribution >= 0.6 is 0 Å². The molecule has 2 aliphatic rings. The first kappa shape index (κ1) is 24.6. The minimum Gasteiger partial charge on any atom is -0.475 e. The van der Waals surface area contributed by atoms with E-state index in [-0.39, 0.29) is 11.7 Å². The first-order chi connectivity index (χ1) is 13.9. The van der Waals surface area contributed by atoms with Gasteiger partial charge in [-0.05, 0) is 31.2 Å². The van der Waals surface area contributed by atoms with Crippen molar-refractivity contribution in [1.82, 2.24) is 9.62 Å². The lowest BCUT2D eigenvalue weighted by molar-refractivity contribution is -0.192. The van der Waals surface area contributed by atoms with Crippen molar-refractivity contribution >= 4 is 16.0 Å². The first-order valence-corrected chi connectivity index (χ1v) is 11.5. The molecule has 0 aromatic heterocycles. The summed E-state index contributed by atoms with van der Waals surface area (Å²) >= 11 is 0. The van der Waals surface area contributed by atoms with Gasteiger partial charge in [-0.3, -0.25) is 4.90 Å². The van der Waals surface area contributed by atoms with Gasteiger partial charge in [-0.15, -0.1) is 0 Å². The molecule has 2 atom stereocenters. The number of hydrogen-bond acceptors (Lipinski definition) is 5. The van der Waals surface area contributed by atoms with E-state index in [1.54, 1.807) is 0 Å². The van der Waals surface area contributed by atoms with Crippen LogP contribution in [0, 0.1) is 0 Å². The van der Waals surface area contributed by atoms with Crippen LogP contribution in [0.15, 0.2) is 30.3 Å². The smallest absolute Gasteiger partial charge is 0.475 e. The van der Waals surface area contributed by atoms with Crippen LogP contribution in [-0.4, -0.2) is 68.2 Å². The Morgan fingerprint density at radius 3 is 2.50 bits per heavy atom. The largest absolute Gasteiger partial charge is 0.490 e. The Hall–Kier alpha value is -1.69. The Kier molecular flexibility index (Phi) is 8.26. The summed E-state index contributed by atoms with van der Waals surface area (Å²) in [4.78, 5) is 11.3. The predicted molar refractivity (Wildman–Crippen MR) is 104 cm³/mol.